The molecule has 1 aliphatic rings. The second kappa shape index (κ2) is 11.1. The molecule has 3 rings (SSSR count). The molecule has 34 heavy (non-hydrogen) atoms. The van der Waals surface area contributed by atoms with E-state index >= 15 is 0 Å². The molecule has 0 aliphatic carbocycles. The van der Waals surface area contributed by atoms with Crippen molar-refractivity contribution < 1.29 is 22.7 Å². The third-order valence-corrected chi connectivity index (χ3v) is 7.51. The molecule has 8 nitrogen and oxygen atoms in total. The number of ether oxygens (including phenoxy) is 1. The number of hydrogen-bond donors (Lipinski definition) is 1. The van der Waals surface area contributed by atoms with E-state index in [2.05, 4.69) is 5.32 Å². The maximum atomic E-state index is 13.1. The fourth-order valence-corrected chi connectivity index (χ4v) is 5.62. The summed E-state index contributed by atoms with van der Waals surface area (Å²) in [5, 5.41) is 2.85. The SMILES string of the molecule is CCCN(CC(=O)Nc1ccccc1C)C(=O)c1ccc(S(=O)(=O)N2C[C@@H](C)O[C@H](C)C2)cc1. The molecule has 2 atom stereocenters. The summed E-state index contributed by atoms with van der Waals surface area (Å²) in [7, 11) is -3.69. The van der Waals surface area contributed by atoms with E-state index in [1.165, 1.54) is 33.5 Å². The summed E-state index contributed by atoms with van der Waals surface area (Å²) in [6.45, 7) is 8.41. The Morgan fingerprint density at radius 2 is 1.68 bits per heavy atom. The lowest BCUT2D eigenvalue weighted by Crippen LogP contribution is -2.48. The molecule has 1 aliphatic heterocycles. The average molecular weight is 488 g/mol. The van der Waals surface area contributed by atoms with E-state index in [1.54, 1.807) is 0 Å². The van der Waals surface area contributed by atoms with Crippen molar-refractivity contribution in [3.8, 4) is 0 Å². The van der Waals surface area contributed by atoms with Gasteiger partial charge in [-0.25, -0.2) is 8.42 Å². The van der Waals surface area contributed by atoms with Gasteiger partial charge in [-0.15, -0.1) is 0 Å². The number of aryl methyl sites for hydroxylation is 1. The molecular weight excluding hydrogens is 454 g/mol. The first kappa shape index (κ1) is 25.9. The van der Waals surface area contributed by atoms with Gasteiger partial charge in [0.25, 0.3) is 5.91 Å². The molecule has 9 heteroatoms. The summed E-state index contributed by atoms with van der Waals surface area (Å²) in [4.78, 5) is 27.3. The van der Waals surface area contributed by atoms with Gasteiger partial charge >= 0.3 is 0 Å². The molecule has 1 fully saturated rings. The quantitative estimate of drug-likeness (QED) is 0.617. The highest BCUT2D eigenvalue weighted by atomic mass is 32.2. The van der Waals surface area contributed by atoms with Crippen LogP contribution in [0, 0.1) is 6.92 Å². The van der Waals surface area contributed by atoms with Gasteiger partial charge in [0.05, 0.1) is 17.1 Å². The van der Waals surface area contributed by atoms with Crippen LogP contribution in [-0.2, 0) is 19.6 Å². The molecule has 0 unspecified atom stereocenters. The number of para-hydroxylation sites is 1. The number of nitrogens with zero attached hydrogens (tertiary/aromatic N) is 2. The van der Waals surface area contributed by atoms with Gasteiger partial charge in [-0.2, -0.15) is 4.31 Å². The Labute approximate surface area is 201 Å². The maximum Gasteiger partial charge on any atom is 0.254 e. The lowest BCUT2D eigenvalue weighted by molar-refractivity contribution is -0.116. The van der Waals surface area contributed by atoms with Crippen molar-refractivity contribution in [2.24, 2.45) is 0 Å². The first-order valence-corrected chi connectivity index (χ1v) is 13.0. The number of rotatable bonds is 8. The Kier molecular flexibility index (Phi) is 8.46. The molecule has 0 bridgehead atoms. The summed E-state index contributed by atoms with van der Waals surface area (Å²) in [5.41, 5.74) is 1.97. The summed E-state index contributed by atoms with van der Waals surface area (Å²) < 4.78 is 33.2. The largest absolute Gasteiger partial charge is 0.373 e. The van der Waals surface area contributed by atoms with Crippen molar-refractivity contribution in [2.45, 2.75) is 51.2 Å². The number of hydrogen-bond acceptors (Lipinski definition) is 5. The van der Waals surface area contributed by atoms with Crippen LogP contribution in [0.4, 0.5) is 5.69 Å². The highest BCUT2D eigenvalue weighted by molar-refractivity contribution is 7.89. The van der Waals surface area contributed by atoms with Crippen molar-refractivity contribution >= 4 is 27.5 Å². The predicted octanol–water partition coefficient (Wildman–Crippen LogP) is 3.28. The van der Waals surface area contributed by atoms with Gasteiger partial charge in [-0.3, -0.25) is 9.59 Å². The fourth-order valence-electron chi connectivity index (χ4n) is 4.03. The molecular formula is C25H33N3O5S. The number of anilines is 1. The summed E-state index contributed by atoms with van der Waals surface area (Å²) >= 11 is 0. The minimum absolute atomic E-state index is 0.0926. The van der Waals surface area contributed by atoms with Crippen LogP contribution in [0.2, 0.25) is 0 Å². The van der Waals surface area contributed by atoms with Gasteiger partial charge in [0.2, 0.25) is 15.9 Å². The van der Waals surface area contributed by atoms with Crippen LogP contribution in [0.5, 0.6) is 0 Å². The normalized spacial score (nSPS) is 18.9. The minimum Gasteiger partial charge on any atom is -0.373 e. The lowest BCUT2D eigenvalue weighted by Gasteiger charge is -2.34. The molecule has 1 heterocycles. The maximum absolute atomic E-state index is 13.1. The Morgan fingerprint density at radius 3 is 2.26 bits per heavy atom. The van der Waals surface area contributed by atoms with Crippen molar-refractivity contribution in [3.63, 3.8) is 0 Å². The van der Waals surface area contributed by atoms with E-state index in [-0.39, 0.29) is 48.6 Å². The van der Waals surface area contributed by atoms with Crippen molar-refractivity contribution in [2.75, 3.05) is 31.5 Å². The molecule has 184 valence electrons. The van der Waals surface area contributed by atoms with E-state index in [9.17, 15) is 18.0 Å². The topological polar surface area (TPSA) is 96.0 Å². The molecule has 1 saturated heterocycles. The molecule has 0 saturated carbocycles. The number of carbonyl (C=O) groups is 2. The number of nitrogens with one attached hydrogen (secondary N) is 1. The van der Waals surface area contributed by atoms with Gasteiger partial charge in [-0.1, -0.05) is 25.1 Å². The van der Waals surface area contributed by atoms with Crippen LogP contribution in [0.1, 0.15) is 43.1 Å². The average Bonchev–Trinajstić information content (AvgIpc) is 2.79. The Balaban J connectivity index is 1.71. The van der Waals surface area contributed by atoms with E-state index in [0.29, 0.717) is 24.2 Å². The van der Waals surface area contributed by atoms with Crippen LogP contribution in [0.25, 0.3) is 0 Å². The molecule has 0 spiro atoms. The van der Waals surface area contributed by atoms with Crippen LogP contribution < -0.4 is 5.32 Å². The van der Waals surface area contributed by atoms with Gasteiger partial charge in [0.15, 0.2) is 0 Å². The van der Waals surface area contributed by atoms with E-state index < -0.39 is 10.0 Å². The Bertz CT molecular complexity index is 1110. The van der Waals surface area contributed by atoms with Gasteiger partial charge in [-0.05, 0) is 63.1 Å². The first-order chi connectivity index (χ1) is 16.1. The number of amides is 2. The Hall–Kier alpha value is -2.75. The van der Waals surface area contributed by atoms with Crippen molar-refractivity contribution in [1.29, 1.82) is 0 Å². The molecule has 2 aromatic carbocycles. The lowest BCUT2D eigenvalue weighted by atomic mass is 10.2. The standard InChI is InChI=1S/C25H33N3O5S/c1-5-14-27(17-24(29)26-23-9-7-6-8-18(23)2)25(30)21-10-12-22(13-11-21)34(31,32)28-15-19(3)33-20(4)16-28/h6-13,19-20H,5,14-17H2,1-4H3,(H,26,29)/t19-,20-/m1/s1. The first-order valence-electron chi connectivity index (χ1n) is 11.5. The second-order valence-electron chi connectivity index (χ2n) is 8.69. The van der Waals surface area contributed by atoms with Crippen LogP contribution in [0.15, 0.2) is 53.4 Å². The van der Waals surface area contributed by atoms with Crippen molar-refractivity contribution in [3.05, 3.63) is 59.7 Å². The number of morpholine rings is 1. The molecule has 2 amide bonds. The fraction of sp³-hybridized carbons (Fsp3) is 0.440. The molecule has 0 aromatic heterocycles. The zero-order valence-corrected chi connectivity index (χ0v) is 21.0. The summed E-state index contributed by atoms with van der Waals surface area (Å²) in [5.74, 6) is -0.606. The number of benzene rings is 2. The summed E-state index contributed by atoms with van der Waals surface area (Å²) in [6, 6.07) is 13.4. The van der Waals surface area contributed by atoms with Crippen LogP contribution in [-0.4, -0.2) is 67.8 Å². The monoisotopic (exact) mass is 487 g/mol. The van der Waals surface area contributed by atoms with Gasteiger partial charge in [0.1, 0.15) is 6.54 Å². The van der Waals surface area contributed by atoms with E-state index in [1.807, 2.05) is 52.0 Å². The van der Waals surface area contributed by atoms with Crippen molar-refractivity contribution in [1.82, 2.24) is 9.21 Å². The third kappa shape index (κ3) is 6.22. The molecule has 0 radical (unpaired) electrons. The minimum atomic E-state index is -3.69. The van der Waals surface area contributed by atoms with Gasteiger partial charge in [0, 0.05) is 30.9 Å². The highest BCUT2D eigenvalue weighted by Crippen LogP contribution is 2.22. The van der Waals surface area contributed by atoms with Crippen LogP contribution >= 0.6 is 0 Å². The highest BCUT2D eigenvalue weighted by Gasteiger charge is 2.32. The van der Waals surface area contributed by atoms with Gasteiger partial charge < -0.3 is 15.0 Å². The zero-order valence-electron chi connectivity index (χ0n) is 20.2. The van der Waals surface area contributed by atoms with E-state index in [0.717, 1.165) is 5.56 Å². The molecule has 1 N–H and O–H groups in total. The Morgan fingerprint density at radius 1 is 1.06 bits per heavy atom. The second-order valence-corrected chi connectivity index (χ2v) is 10.6. The smallest absolute Gasteiger partial charge is 0.254 e. The zero-order chi connectivity index (χ0) is 24.9. The number of carbonyl (C=O) groups excluding carboxylic acids is 2. The summed E-state index contributed by atoms with van der Waals surface area (Å²) in [6.07, 6.45) is 0.309. The predicted molar refractivity (Wildman–Crippen MR) is 131 cm³/mol. The molecule has 2 aromatic rings. The number of sulfonamides is 1. The third-order valence-electron chi connectivity index (χ3n) is 5.66. The van der Waals surface area contributed by atoms with E-state index in [4.69, 9.17) is 4.74 Å². The van der Waals surface area contributed by atoms with Crippen LogP contribution in [0.3, 0.4) is 0 Å².